The minimum Gasteiger partial charge on any atom is -0.381 e. The van der Waals surface area contributed by atoms with Gasteiger partial charge in [-0.15, -0.1) is 0 Å². The number of likely N-dealkylation sites (N-methyl/N-ethyl adjacent to an activating group) is 1. The van der Waals surface area contributed by atoms with E-state index in [-0.39, 0.29) is 5.54 Å². The van der Waals surface area contributed by atoms with Gasteiger partial charge in [-0.3, -0.25) is 4.90 Å². The molecular formula is C15H29N3O. The quantitative estimate of drug-likeness (QED) is 0.817. The molecule has 0 radical (unpaired) electrons. The minimum atomic E-state index is 0.245. The third-order valence-corrected chi connectivity index (χ3v) is 5.83. The van der Waals surface area contributed by atoms with Gasteiger partial charge in [-0.05, 0) is 57.7 Å². The summed E-state index contributed by atoms with van der Waals surface area (Å²) < 4.78 is 5.48. The van der Waals surface area contributed by atoms with Gasteiger partial charge >= 0.3 is 0 Å². The van der Waals surface area contributed by atoms with Crippen LogP contribution in [0.3, 0.4) is 0 Å². The molecule has 0 amide bonds. The molecule has 4 heteroatoms. The Balaban J connectivity index is 1.67. The van der Waals surface area contributed by atoms with E-state index in [1.165, 1.54) is 51.9 Å². The van der Waals surface area contributed by atoms with E-state index in [2.05, 4.69) is 16.8 Å². The first-order valence-corrected chi connectivity index (χ1v) is 7.96. The van der Waals surface area contributed by atoms with Gasteiger partial charge in [0.05, 0.1) is 0 Å². The molecule has 4 nitrogen and oxygen atoms in total. The molecular weight excluding hydrogens is 238 g/mol. The van der Waals surface area contributed by atoms with Crippen LogP contribution in [0.2, 0.25) is 0 Å². The van der Waals surface area contributed by atoms with Crippen LogP contribution in [0, 0.1) is 11.8 Å². The summed E-state index contributed by atoms with van der Waals surface area (Å²) in [7, 11) is 2.31. The molecule has 0 spiro atoms. The van der Waals surface area contributed by atoms with Crippen molar-refractivity contribution in [2.75, 3.05) is 53.0 Å². The van der Waals surface area contributed by atoms with Crippen molar-refractivity contribution in [2.45, 2.75) is 31.2 Å². The highest BCUT2D eigenvalue weighted by Gasteiger charge is 2.48. The van der Waals surface area contributed by atoms with E-state index < -0.39 is 0 Å². The van der Waals surface area contributed by atoms with Crippen molar-refractivity contribution < 1.29 is 4.74 Å². The van der Waals surface area contributed by atoms with E-state index in [1.807, 2.05) is 0 Å². The van der Waals surface area contributed by atoms with Crippen molar-refractivity contribution in [3.63, 3.8) is 0 Å². The van der Waals surface area contributed by atoms with E-state index in [4.69, 9.17) is 10.5 Å². The lowest BCUT2D eigenvalue weighted by Gasteiger charge is -2.57. The van der Waals surface area contributed by atoms with Gasteiger partial charge < -0.3 is 15.4 Å². The molecule has 0 saturated carbocycles. The van der Waals surface area contributed by atoms with Crippen molar-refractivity contribution in [3.8, 4) is 0 Å². The summed E-state index contributed by atoms with van der Waals surface area (Å²) in [5.41, 5.74) is 6.48. The van der Waals surface area contributed by atoms with Crippen molar-refractivity contribution in [1.29, 1.82) is 0 Å². The lowest BCUT2D eigenvalue weighted by atomic mass is 9.71. The highest BCUT2D eigenvalue weighted by atomic mass is 16.5. The largest absolute Gasteiger partial charge is 0.381 e. The maximum Gasteiger partial charge on any atom is 0.0484 e. The van der Waals surface area contributed by atoms with E-state index in [0.717, 1.165) is 31.6 Å². The number of rotatable bonds is 4. The fraction of sp³-hybridized carbons (Fsp3) is 1.00. The van der Waals surface area contributed by atoms with Crippen LogP contribution < -0.4 is 5.73 Å². The Morgan fingerprint density at radius 1 is 1.21 bits per heavy atom. The predicted molar refractivity (Wildman–Crippen MR) is 77.1 cm³/mol. The third kappa shape index (κ3) is 2.56. The first-order chi connectivity index (χ1) is 9.24. The Bertz CT molecular complexity index is 298. The van der Waals surface area contributed by atoms with Crippen molar-refractivity contribution in [3.05, 3.63) is 0 Å². The molecule has 4 rings (SSSR count). The van der Waals surface area contributed by atoms with Gasteiger partial charge in [0.15, 0.2) is 0 Å². The van der Waals surface area contributed by atoms with Crippen LogP contribution in [0.25, 0.3) is 0 Å². The average molecular weight is 267 g/mol. The van der Waals surface area contributed by atoms with E-state index in [1.54, 1.807) is 0 Å². The lowest BCUT2D eigenvalue weighted by Crippen LogP contribution is -2.69. The van der Waals surface area contributed by atoms with Gasteiger partial charge in [0.1, 0.15) is 0 Å². The average Bonchev–Trinajstić information content (AvgIpc) is 2.49. The van der Waals surface area contributed by atoms with E-state index in [0.29, 0.717) is 0 Å². The Labute approximate surface area is 117 Å². The summed E-state index contributed by atoms with van der Waals surface area (Å²) in [5, 5.41) is 0. The molecule has 4 saturated heterocycles. The molecule has 0 aromatic carbocycles. The second kappa shape index (κ2) is 5.68. The zero-order valence-corrected chi connectivity index (χ0v) is 12.3. The Morgan fingerprint density at radius 2 is 1.89 bits per heavy atom. The van der Waals surface area contributed by atoms with Gasteiger partial charge in [-0.1, -0.05) is 0 Å². The van der Waals surface area contributed by atoms with Gasteiger partial charge in [-0.2, -0.15) is 0 Å². The normalized spacial score (nSPS) is 39.9. The number of piperidine rings is 3. The number of hydrogen-bond acceptors (Lipinski definition) is 4. The summed E-state index contributed by atoms with van der Waals surface area (Å²) in [5.74, 6) is 1.62. The number of hydrogen-bond donors (Lipinski definition) is 1. The van der Waals surface area contributed by atoms with Crippen LogP contribution in [0.15, 0.2) is 0 Å². The molecule has 1 unspecified atom stereocenters. The van der Waals surface area contributed by atoms with Crippen molar-refractivity contribution in [1.82, 2.24) is 9.80 Å². The van der Waals surface area contributed by atoms with Gasteiger partial charge in [0, 0.05) is 38.4 Å². The topological polar surface area (TPSA) is 41.7 Å². The predicted octanol–water partition coefficient (Wildman–Crippen LogP) is 0.768. The van der Waals surface area contributed by atoms with E-state index in [9.17, 15) is 0 Å². The smallest absolute Gasteiger partial charge is 0.0484 e. The fourth-order valence-corrected chi connectivity index (χ4v) is 4.46. The lowest BCUT2D eigenvalue weighted by molar-refractivity contribution is -0.0667. The summed E-state index contributed by atoms with van der Waals surface area (Å²) >= 11 is 0. The number of nitrogens with zero attached hydrogens (tertiary/aromatic N) is 2. The molecule has 19 heavy (non-hydrogen) atoms. The second-order valence-corrected chi connectivity index (χ2v) is 6.79. The second-order valence-electron chi connectivity index (χ2n) is 6.79. The molecule has 4 aliphatic rings. The van der Waals surface area contributed by atoms with Gasteiger partial charge in [-0.25, -0.2) is 0 Å². The van der Waals surface area contributed by atoms with Crippen LogP contribution in [-0.2, 0) is 4.74 Å². The molecule has 4 fully saturated rings. The SMILES string of the molecule is CN(CC1CCOCC1)C1(CN)CN2CCC1CC2. The van der Waals surface area contributed by atoms with Gasteiger partial charge in [0.2, 0.25) is 0 Å². The van der Waals surface area contributed by atoms with Crippen LogP contribution in [-0.4, -0.2) is 68.3 Å². The maximum atomic E-state index is 6.24. The Hall–Kier alpha value is -0.160. The first-order valence-electron chi connectivity index (χ1n) is 7.96. The number of ether oxygens (including phenoxy) is 1. The highest BCUT2D eigenvalue weighted by Crippen LogP contribution is 2.39. The number of nitrogens with two attached hydrogens (primary N) is 1. The highest BCUT2D eigenvalue weighted by molar-refractivity contribution is 5.05. The monoisotopic (exact) mass is 267 g/mol. The molecule has 110 valence electrons. The standard InChI is InChI=1S/C15H29N3O/c1-17(10-13-4-8-19-9-5-13)15(11-16)12-18-6-2-14(15)3-7-18/h13-14H,2-12,16H2,1H3. The minimum absolute atomic E-state index is 0.245. The zero-order chi connectivity index (χ0) is 13.3. The first kappa shape index (κ1) is 13.8. The zero-order valence-electron chi connectivity index (χ0n) is 12.3. The van der Waals surface area contributed by atoms with Crippen LogP contribution in [0.5, 0.6) is 0 Å². The molecule has 0 aromatic heterocycles. The molecule has 4 aliphatic heterocycles. The maximum absolute atomic E-state index is 6.24. The summed E-state index contributed by atoms with van der Waals surface area (Å²) in [6.45, 7) is 7.68. The van der Waals surface area contributed by atoms with Crippen LogP contribution >= 0.6 is 0 Å². The molecule has 4 heterocycles. The Kier molecular flexibility index (Phi) is 4.13. The summed E-state index contributed by atoms with van der Waals surface area (Å²) in [4.78, 5) is 5.23. The van der Waals surface area contributed by atoms with E-state index >= 15 is 0 Å². The third-order valence-electron chi connectivity index (χ3n) is 5.83. The summed E-state index contributed by atoms with van der Waals surface area (Å²) in [6, 6.07) is 0. The van der Waals surface area contributed by atoms with Crippen LogP contribution in [0.1, 0.15) is 25.7 Å². The van der Waals surface area contributed by atoms with Crippen molar-refractivity contribution in [2.24, 2.45) is 17.6 Å². The fourth-order valence-electron chi connectivity index (χ4n) is 4.46. The van der Waals surface area contributed by atoms with Crippen molar-refractivity contribution >= 4 is 0 Å². The molecule has 0 aliphatic carbocycles. The Morgan fingerprint density at radius 3 is 2.42 bits per heavy atom. The molecule has 2 N–H and O–H groups in total. The molecule has 1 atom stereocenters. The number of fused-ring (bicyclic) bond motifs is 3. The van der Waals surface area contributed by atoms with Gasteiger partial charge in [0.25, 0.3) is 0 Å². The van der Waals surface area contributed by atoms with Crippen LogP contribution in [0.4, 0.5) is 0 Å². The molecule has 2 bridgehead atoms. The summed E-state index contributed by atoms with van der Waals surface area (Å²) in [6.07, 6.45) is 5.13. The molecule has 0 aromatic rings.